The van der Waals surface area contributed by atoms with Crippen molar-refractivity contribution in [2.75, 3.05) is 13.6 Å². The maximum Gasteiger partial charge on any atom is 0.307 e. The summed E-state index contributed by atoms with van der Waals surface area (Å²) in [4.78, 5) is 25.2. The molecule has 4 atom stereocenters. The smallest absolute Gasteiger partial charge is 0.307 e. The van der Waals surface area contributed by atoms with Gasteiger partial charge in [-0.2, -0.15) is 0 Å². The van der Waals surface area contributed by atoms with E-state index in [0.29, 0.717) is 31.2 Å². The highest BCUT2D eigenvalue weighted by Crippen LogP contribution is 2.37. The van der Waals surface area contributed by atoms with Crippen molar-refractivity contribution in [1.29, 1.82) is 0 Å². The van der Waals surface area contributed by atoms with E-state index in [1.54, 1.807) is 11.9 Å². The molecule has 1 rings (SSSR count). The van der Waals surface area contributed by atoms with E-state index in [1.165, 1.54) is 0 Å². The van der Waals surface area contributed by atoms with Gasteiger partial charge in [0.1, 0.15) is 0 Å². The fourth-order valence-electron chi connectivity index (χ4n) is 2.81. The van der Waals surface area contributed by atoms with Crippen LogP contribution in [0, 0.1) is 23.7 Å². The first-order chi connectivity index (χ1) is 8.36. The van der Waals surface area contributed by atoms with Crippen LogP contribution in [0.5, 0.6) is 0 Å². The third-order valence-corrected chi connectivity index (χ3v) is 4.09. The number of rotatable bonds is 5. The molecule has 0 heterocycles. The minimum atomic E-state index is -0.824. The summed E-state index contributed by atoms with van der Waals surface area (Å²) in [7, 11) is 1.79. The van der Waals surface area contributed by atoms with Crippen LogP contribution in [0.25, 0.3) is 0 Å². The highest BCUT2D eigenvalue weighted by Gasteiger charge is 2.42. The van der Waals surface area contributed by atoms with Crippen molar-refractivity contribution in [2.45, 2.75) is 40.0 Å². The molecule has 4 nitrogen and oxygen atoms in total. The molecule has 0 aromatic rings. The number of aliphatic carboxylic acids is 1. The van der Waals surface area contributed by atoms with Gasteiger partial charge in [0.15, 0.2) is 0 Å². The van der Waals surface area contributed by atoms with E-state index in [9.17, 15) is 14.7 Å². The second kappa shape index (κ2) is 6.21. The van der Waals surface area contributed by atoms with Gasteiger partial charge in [-0.25, -0.2) is 0 Å². The zero-order valence-corrected chi connectivity index (χ0v) is 11.8. The third kappa shape index (κ3) is 3.47. The Morgan fingerprint density at radius 3 is 2.39 bits per heavy atom. The third-order valence-electron chi connectivity index (χ3n) is 4.09. The van der Waals surface area contributed by atoms with E-state index in [-0.39, 0.29) is 11.8 Å². The first kappa shape index (κ1) is 15.0. The normalized spacial score (nSPS) is 29.0. The number of carboxylic acid groups (broad SMARTS) is 1. The lowest BCUT2D eigenvalue weighted by molar-refractivity contribution is -0.148. The van der Waals surface area contributed by atoms with Crippen LogP contribution in [0.2, 0.25) is 0 Å². The maximum atomic E-state index is 12.3. The average molecular weight is 255 g/mol. The molecule has 0 aromatic carbocycles. The molecule has 1 amide bonds. The molecular formula is C14H25NO3. The van der Waals surface area contributed by atoms with Gasteiger partial charge in [-0.05, 0) is 24.7 Å². The second-order valence-corrected chi connectivity index (χ2v) is 5.86. The Bertz CT molecular complexity index is 316. The van der Waals surface area contributed by atoms with E-state index in [4.69, 9.17) is 0 Å². The summed E-state index contributed by atoms with van der Waals surface area (Å²) >= 11 is 0. The highest BCUT2D eigenvalue weighted by atomic mass is 16.4. The first-order valence-electron chi connectivity index (χ1n) is 6.84. The largest absolute Gasteiger partial charge is 0.481 e. The van der Waals surface area contributed by atoms with Gasteiger partial charge in [0.05, 0.1) is 11.8 Å². The number of carboxylic acids is 1. The van der Waals surface area contributed by atoms with Gasteiger partial charge in [0, 0.05) is 13.6 Å². The number of carbonyl (C=O) groups is 2. The van der Waals surface area contributed by atoms with Gasteiger partial charge in [-0.3, -0.25) is 9.59 Å². The zero-order chi connectivity index (χ0) is 13.9. The molecule has 0 aromatic heterocycles. The van der Waals surface area contributed by atoms with Crippen LogP contribution in [-0.2, 0) is 9.59 Å². The summed E-state index contributed by atoms with van der Waals surface area (Å²) < 4.78 is 0. The number of nitrogens with zero attached hydrogens (tertiary/aromatic N) is 1. The highest BCUT2D eigenvalue weighted by molar-refractivity contribution is 5.85. The van der Waals surface area contributed by atoms with Crippen LogP contribution >= 0.6 is 0 Å². The van der Waals surface area contributed by atoms with Crippen LogP contribution in [0.3, 0.4) is 0 Å². The van der Waals surface area contributed by atoms with Crippen LogP contribution in [-0.4, -0.2) is 35.5 Å². The van der Waals surface area contributed by atoms with Gasteiger partial charge >= 0.3 is 5.97 Å². The molecule has 18 heavy (non-hydrogen) atoms. The van der Waals surface area contributed by atoms with Crippen molar-refractivity contribution < 1.29 is 14.7 Å². The molecule has 1 fully saturated rings. The molecule has 4 heteroatoms. The summed E-state index contributed by atoms with van der Waals surface area (Å²) in [6.07, 6.45) is 2.37. The monoisotopic (exact) mass is 255 g/mol. The summed E-state index contributed by atoms with van der Waals surface area (Å²) in [5.41, 5.74) is 0. The molecule has 0 aliphatic heterocycles. The molecule has 0 bridgehead atoms. The minimum absolute atomic E-state index is 0.00653. The fraction of sp³-hybridized carbons (Fsp3) is 0.857. The minimum Gasteiger partial charge on any atom is -0.481 e. The lowest BCUT2D eigenvalue weighted by Gasteiger charge is -2.25. The Morgan fingerprint density at radius 2 is 1.89 bits per heavy atom. The van der Waals surface area contributed by atoms with Crippen LogP contribution < -0.4 is 0 Å². The Labute approximate surface area is 109 Å². The molecule has 0 spiro atoms. The van der Waals surface area contributed by atoms with E-state index in [2.05, 4.69) is 13.8 Å². The van der Waals surface area contributed by atoms with Crippen molar-refractivity contribution in [2.24, 2.45) is 23.7 Å². The Morgan fingerprint density at radius 1 is 1.33 bits per heavy atom. The Hall–Kier alpha value is -1.06. The van der Waals surface area contributed by atoms with E-state index in [1.807, 2.05) is 6.92 Å². The zero-order valence-electron chi connectivity index (χ0n) is 11.8. The van der Waals surface area contributed by atoms with Crippen molar-refractivity contribution >= 4 is 11.9 Å². The van der Waals surface area contributed by atoms with Gasteiger partial charge in [0.25, 0.3) is 0 Å². The van der Waals surface area contributed by atoms with Crippen LogP contribution in [0.4, 0.5) is 0 Å². The van der Waals surface area contributed by atoms with E-state index < -0.39 is 11.9 Å². The molecule has 2 unspecified atom stereocenters. The van der Waals surface area contributed by atoms with E-state index >= 15 is 0 Å². The number of carbonyl (C=O) groups excluding carboxylic acids is 1. The maximum absolute atomic E-state index is 12.3. The Kier molecular flexibility index (Phi) is 5.17. The topological polar surface area (TPSA) is 57.6 Å². The van der Waals surface area contributed by atoms with Gasteiger partial charge in [-0.15, -0.1) is 0 Å². The molecule has 0 saturated heterocycles. The molecule has 0 radical (unpaired) electrons. The van der Waals surface area contributed by atoms with Crippen LogP contribution in [0.15, 0.2) is 0 Å². The van der Waals surface area contributed by atoms with Gasteiger partial charge < -0.3 is 10.0 Å². The van der Waals surface area contributed by atoms with Crippen LogP contribution in [0.1, 0.15) is 40.0 Å². The summed E-state index contributed by atoms with van der Waals surface area (Å²) in [5, 5.41) is 9.19. The first-order valence-corrected chi connectivity index (χ1v) is 6.84. The van der Waals surface area contributed by atoms with E-state index in [0.717, 1.165) is 6.42 Å². The molecule has 1 aliphatic carbocycles. The summed E-state index contributed by atoms with van der Waals surface area (Å²) in [6.45, 7) is 6.95. The second-order valence-electron chi connectivity index (χ2n) is 5.86. The lowest BCUT2D eigenvalue weighted by Crippen LogP contribution is -2.38. The molecule has 104 valence electrons. The summed E-state index contributed by atoms with van der Waals surface area (Å²) in [6, 6.07) is 0. The van der Waals surface area contributed by atoms with Crippen molar-refractivity contribution in [3.8, 4) is 0 Å². The van der Waals surface area contributed by atoms with Crippen molar-refractivity contribution in [1.82, 2.24) is 4.90 Å². The number of hydrogen-bond donors (Lipinski definition) is 1. The predicted molar refractivity (Wildman–Crippen MR) is 70.1 cm³/mol. The average Bonchev–Trinajstić information content (AvgIpc) is 2.70. The predicted octanol–water partition coefficient (Wildman–Crippen LogP) is 2.24. The fourth-order valence-corrected chi connectivity index (χ4v) is 2.81. The molecule has 1 aliphatic rings. The lowest BCUT2D eigenvalue weighted by atomic mass is 9.94. The standard InChI is InChI=1S/C14H25NO3/c1-5-9(2)8-15(4)13(16)11-6-10(3)7-12(11)14(17)18/h9-12H,5-8H2,1-4H3,(H,17,18)/t9?,10?,11-,12+/m0/s1. The van der Waals surface area contributed by atoms with Crippen molar-refractivity contribution in [3.05, 3.63) is 0 Å². The van der Waals surface area contributed by atoms with Gasteiger partial charge in [-0.1, -0.05) is 27.2 Å². The Balaban J connectivity index is 2.67. The summed E-state index contributed by atoms with van der Waals surface area (Å²) in [5.74, 6) is -0.849. The quantitative estimate of drug-likeness (QED) is 0.819. The number of amides is 1. The van der Waals surface area contributed by atoms with Gasteiger partial charge in [0.2, 0.25) is 5.91 Å². The number of hydrogen-bond acceptors (Lipinski definition) is 2. The van der Waals surface area contributed by atoms with Crippen molar-refractivity contribution in [3.63, 3.8) is 0 Å². The molecule has 1 N–H and O–H groups in total. The molecule has 1 saturated carbocycles. The molecular weight excluding hydrogens is 230 g/mol. The SMILES string of the molecule is CCC(C)CN(C)C(=O)[C@H]1CC(C)C[C@H]1C(=O)O.